The van der Waals surface area contributed by atoms with E-state index in [9.17, 15) is 4.79 Å². The van der Waals surface area contributed by atoms with Crippen molar-refractivity contribution in [3.8, 4) is 0 Å². The predicted octanol–water partition coefficient (Wildman–Crippen LogP) is 1.47. The van der Waals surface area contributed by atoms with Crippen molar-refractivity contribution in [2.45, 2.75) is 27.2 Å². The highest BCUT2D eigenvalue weighted by Gasteiger charge is 2.14. The monoisotopic (exact) mass is 227 g/mol. The van der Waals surface area contributed by atoms with Crippen LogP contribution in [0.15, 0.2) is 4.99 Å². The molecule has 0 unspecified atom stereocenters. The van der Waals surface area contributed by atoms with Crippen molar-refractivity contribution < 1.29 is 4.79 Å². The molecule has 94 valence electrons. The summed E-state index contributed by atoms with van der Waals surface area (Å²) in [6.45, 7) is 7.15. The van der Waals surface area contributed by atoms with E-state index < -0.39 is 0 Å². The smallest absolute Gasteiger partial charge is 0.229 e. The van der Waals surface area contributed by atoms with Crippen LogP contribution in [0.1, 0.15) is 27.2 Å². The summed E-state index contributed by atoms with van der Waals surface area (Å²) in [7, 11) is 7.37. The molecule has 0 atom stereocenters. The van der Waals surface area contributed by atoms with Gasteiger partial charge in [-0.2, -0.15) is 0 Å². The van der Waals surface area contributed by atoms with Gasteiger partial charge >= 0.3 is 0 Å². The standard InChI is InChI=1S/C12H25N3O/c1-12(2,3)9-13-10(14(4)5)8-11(16)15(6)7/h8-9H2,1-7H3. The predicted molar refractivity (Wildman–Crippen MR) is 68.8 cm³/mol. The highest BCUT2D eigenvalue weighted by molar-refractivity contribution is 5.99. The lowest BCUT2D eigenvalue weighted by molar-refractivity contribution is -0.127. The van der Waals surface area contributed by atoms with Crippen molar-refractivity contribution in [3.05, 3.63) is 0 Å². The van der Waals surface area contributed by atoms with Crippen LogP contribution in [-0.4, -0.2) is 56.3 Å². The summed E-state index contributed by atoms with van der Waals surface area (Å²) in [6.07, 6.45) is 0.371. The fourth-order valence-corrected chi connectivity index (χ4v) is 0.977. The minimum atomic E-state index is 0.0846. The number of rotatable bonds is 3. The third kappa shape index (κ3) is 6.43. The summed E-state index contributed by atoms with van der Waals surface area (Å²) in [5.41, 5.74) is 0.155. The third-order valence-corrected chi connectivity index (χ3v) is 2.06. The molecule has 0 aromatic rings. The van der Waals surface area contributed by atoms with Gasteiger partial charge in [-0.05, 0) is 5.41 Å². The van der Waals surface area contributed by atoms with Crippen molar-refractivity contribution in [2.24, 2.45) is 10.4 Å². The summed E-state index contributed by atoms with van der Waals surface area (Å²) in [6, 6.07) is 0. The van der Waals surface area contributed by atoms with Crippen LogP contribution in [0, 0.1) is 5.41 Å². The molecule has 0 aliphatic carbocycles. The number of hydrogen-bond donors (Lipinski definition) is 0. The first kappa shape index (κ1) is 14.9. The Labute approximate surface area is 99.3 Å². The molecule has 0 aliphatic rings. The number of amides is 1. The largest absolute Gasteiger partial charge is 0.366 e. The Morgan fingerprint density at radius 3 is 1.88 bits per heavy atom. The Morgan fingerprint density at radius 1 is 1.06 bits per heavy atom. The molecule has 0 saturated carbocycles. The summed E-state index contributed by atoms with van der Waals surface area (Å²) < 4.78 is 0. The normalized spacial score (nSPS) is 12.6. The second kappa shape index (κ2) is 5.87. The Morgan fingerprint density at radius 2 is 1.56 bits per heavy atom. The van der Waals surface area contributed by atoms with Crippen molar-refractivity contribution >= 4 is 11.7 Å². The van der Waals surface area contributed by atoms with Crippen LogP contribution >= 0.6 is 0 Å². The zero-order chi connectivity index (χ0) is 12.9. The van der Waals surface area contributed by atoms with Crippen LogP contribution in [0.25, 0.3) is 0 Å². The van der Waals surface area contributed by atoms with Crippen molar-refractivity contribution in [2.75, 3.05) is 34.7 Å². The van der Waals surface area contributed by atoms with Crippen molar-refractivity contribution in [1.29, 1.82) is 0 Å². The molecular formula is C12H25N3O. The second-order valence-corrected chi connectivity index (χ2v) is 5.65. The molecule has 4 heteroatoms. The van der Waals surface area contributed by atoms with E-state index in [-0.39, 0.29) is 11.3 Å². The molecule has 0 N–H and O–H groups in total. The van der Waals surface area contributed by atoms with E-state index in [2.05, 4.69) is 25.8 Å². The molecule has 4 nitrogen and oxygen atoms in total. The second-order valence-electron chi connectivity index (χ2n) is 5.65. The van der Waals surface area contributed by atoms with Gasteiger partial charge in [0.25, 0.3) is 0 Å². The average Bonchev–Trinajstić information content (AvgIpc) is 2.09. The Hall–Kier alpha value is -1.06. The lowest BCUT2D eigenvalue weighted by atomic mass is 9.97. The van der Waals surface area contributed by atoms with Crippen LogP contribution < -0.4 is 0 Å². The first-order chi connectivity index (χ1) is 7.13. The van der Waals surface area contributed by atoms with Gasteiger partial charge in [-0.3, -0.25) is 9.79 Å². The highest BCUT2D eigenvalue weighted by atomic mass is 16.2. The van der Waals surface area contributed by atoms with Crippen LogP contribution in [0.5, 0.6) is 0 Å². The fourth-order valence-electron chi connectivity index (χ4n) is 0.977. The number of amidine groups is 1. The van der Waals surface area contributed by atoms with E-state index in [0.717, 1.165) is 12.4 Å². The van der Waals surface area contributed by atoms with Crippen LogP contribution in [0.4, 0.5) is 0 Å². The molecule has 0 spiro atoms. The first-order valence-electron chi connectivity index (χ1n) is 5.54. The van der Waals surface area contributed by atoms with Crippen LogP contribution in [-0.2, 0) is 4.79 Å². The van der Waals surface area contributed by atoms with Gasteiger partial charge < -0.3 is 9.80 Å². The lowest BCUT2D eigenvalue weighted by Crippen LogP contribution is -2.31. The summed E-state index contributed by atoms with van der Waals surface area (Å²) in [5.74, 6) is 0.926. The maximum atomic E-state index is 11.6. The Balaban J connectivity index is 4.57. The van der Waals surface area contributed by atoms with E-state index in [0.29, 0.717) is 6.42 Å². The molecule has 0 bridgehead atoms. The van der Waals surface area contributed by atoms with E-state index in [1.54, 1.807) is 19.0 Å². The minimum Gasteiger partial charge on any atom is -0.366 e. The summed E-state index contributed by atoms with van der Waals surface area (Å²) in [5, 5.41) is 0. The van der Waals surface area contributed by atoms with Gasteiger partial charge in [0.1, 0.15) is 5.84 Å². The first-order valence-corrected chi connectivity index (χ1v) is 5.54. The number of hydrogen-bond acceptors (Lipinski definition) is 2. The molecule has 0 radical (unpaired) electrons. The average molecular weight is 227 g/mol. The highest BCUT2D eigenvalue weighted by Crippen LogP contribution is 2.13. The number of carbonyl (C=O) groups excluding carboxylic acids is 1. The summed E-state index contributed by atoms with van der Waals surface area (Å²) >= 11 is 0. The third-order valence-electron chi connectivity index (χ3n) is 2.06. The topological polar surface area (TPSA) is 35.9 Å². The van der Waals surface area contributed by atoms with Gasteiger partial charge in [0.05, 0.1) is 6.42 Å². The van der Waals surface area contributed by atoms with Gasteiger partial charge in [0.2, 0.25) is 5.91 Å². The molecule has 0 saturated heterocycles. The zero-order valence-electron chi connectivity index (χ0n) is 11.7. The molecule has 0 fully saturated rings. The maximum Gasteiger partial charge on any atom is 0.229 e. The molecular weight excluding hydrogens is 202 g/mol. The van der Waals surface area contributed by atoms with E-state index in [4.69, 9.17) is 0 Å². The molecule has 1 amide bonds. The molecule has 16 heavy (non-hydrogen) atoms. The lowest BCUT2D eigenvalue weighted by Gasteiger charge is -2.21. The molecule has 0 rings (SSSR count). The quantitative estimate of drug-likeness (QED) is 0.541. The summed E-state index contributed by atoms with van der Waals surface area (Å²) in [4.78, 5) is 19.6. The van der Waals surface area contributed by atoms with Crippen LogP contribution in [0.3, 0.4) is 0 Å². The van der Waals surface area contributed by atoms with Crippen molar-refractivity contribution in [3.63, 3.8) is 0 Å². The van der Waals surface area contributed by atoms with E-state index in [1.807, 2.05) is 19.0 Å². The molecule has 0 aliphatic heterocycles. The van der Waals surface area contributed by atoms with Gasteiger partial charge in [0, 0.05) is 34.7 Å². The molecule has 0 aromatic carbocycles. The van der Waals surface area contributed by atoms with Gasteiger partial charge in [0.15, 0.2) is 0 Å². The zero-order valence-corrected chi connectivity index (χ0v) is 11.7. The van der Waals surface area contributed by atoms with Crippen LogP contribution in [0.2, 0.25) is 0 Å². The van der Waals surface area contributed by atoms with Gasteiger partial charge in [-0.15, -0.1) is 0 Å². The number of nitrogens with zero attached hydrogens (tertiary/aromatic N) is 3. The Kier molecular flexibility index (Phi) is 5.48. The SMILES string of the molecule is CN(C)C(=O)CC(=NCC(C)(C)C)N(C)C. The van der Waals surface area contributed by atoms with E-state index >= 15 is 0 Å². The Bertz CT molecular complexity index is 262. The molecule has 0 heterocycles. The maximum absolute atomic E-state index is 11.6. The van der Waals surface area contributed by atoms with Crippen molar-refractivity contribution in [1.82, 2.24) is 9.80 Å². The van der Waals surface area contributed by atoms with E-state index in [1.165, 1.54) is 0 Å². The van der Waals surface area contributed by atoms with Gasteiger partial charge in [-0.1, -0.05) is 20.8 Å². The number of aliphatic imine (C=N–C) groups is 1. The minimum absolute atomic E-state index is 0.0846. The molecule has 0 aromatic heterocycles. The fraction of sp³-hybridized carbons (Fsp3) is 0.833. The van der Waals surface area contributed by atoms with Gasteiger partial charge in [-0.25, -0.2) is 0 Å². The number of carbonyl (C=O) groups is 1.